The van der Waals surface area contributed by atoms with Crippen LogP contribution in [0.2, 0.25) is 0 Å². The van der Waals surface area contributed by atoms with E-state index in [0.717, 1.165) is 25.2 Å². The average Bonchev–Trinajstić information content (AvgIpc) is 2.84. The molecule has 0 saturated heterocycles. The number of nitrogens with one attached hydrogen (secondary N) is 1. The molecule has 0 spiro atoms. The summed E-state index contributed by atoms with van der Waals surface area (Å²) >= 11 is 0. The Hall–Kier alpha value is -1.60. The highest BCUT2D eigenvalue weighted by molar-refractivity contribution is 5.38. The van der Waals surface area contributed by atoms with Crippen molar-refractivity contribution in [1.82, 2.24) is 4.98 Å². The van der Waals surface area contributed by atoms with Gasteiger partial charge >= 0.3 is 0 Å². The van der Waals surface area contributed by atoms with Gasteiger partial charge in [-0.2, -0.15) is 5.26 Å². The molecule has 1 aromatic heterocycles. The summed E-state index contributed by atoms with van der Waals surface area (Å²) in [5, 5.41) is 21.2. The summed E-state index contributed by atoms with van der Waals surface area (Å²) in [5.41, 5.74) is 0.431. The first-order valence-corrected chi connectivity index (χ1v) is 6.05. The van der Waals surface area contributed by atoms with Gasteiger partial charge in [0.15, 0.2) is 0 Å². The van der Waals surface area contributed by atoms with E-state index in [1.165, 1.54) is 6.42 Å². The van der Waals surface area contributed by atoms with Crippen LogP contribution in [0.4, 0.5) is 5.82 Å². The molecule has 0 amide bonds. The molecule has 2 rings (SSSR count). The highest BCUT2D eigenvalue weighted by atomic mass is 16.3. The van der Waals surface area contributed by atoms with E-state index in [2.05, 4.69) is 10.3 Å². The zero-order valence-corrected chi connectivity index (χ0v) is 9.76. The summed E-state index contributed by atoms with van der Waals surface area (Å²) in [6.07, 6.45) is 3.48. The molecule has 1 fully saturated rings. The van der Waals surface area contributed by atoms with E-state index >= 15 is 0 Å². The van der Waals surface area contributed by atoms with Gasteiger partial charge in [-0.25, -0.2) is 4.98 Å². The molecule has 1 aliphatic rings. The zero-order chi connectivity index (χ0) is 12.1. The first-order chi connectivity index (χ1) is 8.33. The van der Waals surface area contributed by atoms with Gasteiger partial charge in [-0.1, -0.05) is 12.5 Å². The number of aliphatic hydroxyl groups excluding tert-OH is 1. The van der Waals surface area contributed by atoms with Gasteiger partial charge in [0, 0.05) is 13.2 Å². The molecular formula is C13H17N3O. The number of pyridine rings is 1. The smallest absolute Gasteiger partial charge is 0.142 e. The van der Waals surface area contributed by atoms with Crippen molar-refractivity contribution >= 4 is 5.82 Å². The van der Waals surface area contributed by atoms with E-state index in [4.69, 9.17) is 5.26 Å². The van der Waals surface area contributed by atoms with Crippen LogP contribution in [0.15, 0.2) is 18.2 Å². The van der Waals surface area contributed by atoms with Crippen LogP contribution < -0.4 is 5.32 Å². The second-order valence-electron chi connectivity index (χ2n) is 4.53. The molecule has 0 aliphatic heterocycles. The lowest BCUT2D eigenvalue weighted by Crippen LogP contribution is -2.21. The third-order valence-electron chi connectivity index (χ3n) is 3.46. The number of hydrogen-bond donors (Lipinski definition) is 2. The molecular weight excluding hydrogens is 214 g/mol. The normalized spacial score (nSPS) is 23.3. The maximum atomic E-state index is 9.23. The quantitative estimate of drug-likeness (QED) is 0.828. The van der Waals surface area contributed by atoms with E-state index in [9.17, 15) is 5.11 Å². The minimum absolute atomic E-state index is 0.276. The number of hydrogen-bond acceptors (Lipinski definition) is 4. The predicted molar refractivity (Wildman–Crippen MR) is 65.4 cm³/mol. The molecule has 1 aliphatic carbocycles. The van der Waals surface area contributed by atoms with Gasteiger partial charge in [0.2, 0.25) is 0 Å². The van der Waals surface area contributed by atoms with Gasteiger partial charge in [-0.15, -0.1) is 0 Å². The van der Waals surface area contributed by atoms with Crippen LogP contribution in [0.1, 0.15) is 25.0 Å². The maximum Gasteiger partial charge on any atom is 0.142 e. The van der Waals surface area contributed by atoms with E-state index < -0.39 is 0 Å². The average molecular weight is 231 g/mol. The number of rotatable bonds is 4. The molecule has 2 unspecified atom stereocenters. The Kier molecular flexibility index (Phi) is 3.94. The van der Waals surface area contributed by atoms with Crippen molar-refractivity contribution in [2.24, 2.45) is 11.8 Å². The van der Waals surface area contributed by atoms with Crippen molar-refractivity contribution in [2.45, 2.75) is 19.3 Å². The predicted octanol–water partition coefficient (Wildman–Crippen LogP) is 1.77. The van der Waals surface area contributed by atoms with E-state index in [-0.39, 0.29) is 6.61 Å². The fourth-order valence-electron chi connectivity index (χ4n) is 2.45. The molecule has 0 aromatic carbocycles. The minimum Gasteiger partial charge on any atom is -0.396 e. The molecule has 1 saturated carbocycles. The Morgan fingerprint density at radius 3 is 3.00 bits per heavy atom. The molecule has 90 valence electrons. The number of aliphatic hydroxyl groups is 1. The minimum atomic E-state index is 0.276. The van der Waals surface area contributed by atoms with E-state index in [1.807, 2.05) is 18.2 Å². The SMILES string of the molecule is N#Cc1cccc(NCC2CCCC2CO)n1. The fourth-order valence-corrected chi connectivity index (χ4v) is 2.45. The van der Waals surface area contributed by atoms with E-state index in [0.29, 0.717) is 17.5 Å². The molecule has 1 heterocycles. The second-order valence-corrected chi connectivity index (χ2v) is 4.53. The highest BCUT2D eigenvalue weighted by Crippen LogP contribution is 2.31. The standard InChI is InChI=1S/C13H17N3O/c14-7-12-5-2-6-13(16-12)15-8-10-3-1-4-11(10)9-17/h2,5-6,10-11,17H,1,3-4,8-9H2,(H,15,16). The molecule has 0 radical (unpaired) electrons. The third kappa shape index (κ3) is 2.95. The number of aromatic nitrogens is 1. The summed E-state index contributed by atoms with van der Waals surface area (Å²) in [7, 11) is 0. The molecule has 2 atom stereocenters. The Morgan fingerprint density at radius 1 is 1.41 bits per heavy atom. The lowest BCUT2D eigenvalue weighted by atomic mass is 9.97. The van der Waals surface area contributed by atoms with Crippen LogP contribution in [0, 0.1) is 23.2 Å². The van der Waals surface area contributed by atoms with Crippen molar-refractivity contribution in [1.29, 1.82) is 5.26 Å². The Balaban J connectivity index is 1.91. The first kappa shape index (κ1) is 11.9. The Bertz CT molecular complexity index is 413. The molecule has 4 nitrogen and oxygen atoms in total. The lowest BCUT2D eigenvalue weighted by molar-refractivity contribution is 0.199. The van der Waals surface area contributed by atoms with Crippen molar-refractivity contribution in [3.8, 4) is 6.07 Å². The monoisotopic (exact) mass is 231 g/mol. The summed E-state index contributed by atoms with van der Waals surface area (Å²) in [4.78, 5) is 4.17. The van der Waals surface area contributed by atoms with Gasteiger partial charge < -0.3 is 10.4 Å². The van der Waals surface area contributed by atoms with Crippen molar-refractivity contribution in [3.05, 3.63) is 23.9 Å². The maximum absolute atomic E-state index is 9.23. The summed E-state index contributed by atoms with van der Waals surface area (Å²) in [5.74, 6) is 1.68. The van der Waals surface area contributed by atoms with Crippen LogP contribution in [-0.2, 0) is 0 Å². The summed E-state index contributed by atoms with van der Waals surface area (Å²) < 4.78 is 0. The summed E-state index contributed by atoms with van der Waals surface area (Å²) in [6, 6.07) is 7.41. The highest BCUT2D eigenvalue weighted by Gasteiger charge is 2.26. The lowest BCUT2D eigenvalue weighted by Gasteiger charge is -2.18. The van der Waals surface area contributed by atoms with Crippen LogP contribution in [0.3, 0.4) is 0 Å². The van der Waals surface area contributed by atoms with E-state index in [1.54, 1.807) is 6.07 Å². The number of anilines is 1. The van der Waals surface area contributed by atoms with Gasteiger partial charge in [0.25, 0.3) is 0 Å². The van der Waals surface area contributed by atoms with Gasteiger partial charge in [-0.3, -0.25) is 0 Å². The molecule has 2 N–H and O–H groups in total. The second kappa shape index (κ2) is 5.65. The van der Waals surface area contributed by atoms with Gasteiger partial charge in [-0.05, 0) is 36.8 Å². The Labute approximate surface area is 101 Å². The first-order valence-electron chi connectivity index (χ1n) is 6.05. The summed E-state index contributed by atoms with van der Waals surface area (Å²) in [6.45, 7) is 1.10. The fraction of sp³-hybridized carbons (Fsp3) is 0.538. The Morgan fingerprint density at radius 2 is 2.24 bits per heavy atom. The zero-order valence-electron chi connectivity index (χ0n) is 9.76. The van der Waals surface area contributed by atoms with Crippen LogP contribution >= 0.6 is 0 Å². The van der Waals surface area contributed by atoms with Crippen LogP contribution in [0.5, 0.6) is 0 Å². The van der Waals surface area contributed by atoms with Crippen LogP contribution in [-0.4, -0.2) is 23.2 Å². The molecule has 0 bridgehead atoms. The van der Waals surface area contributed by atoms with Crippen LogP contribution in [0.25, 0.3) is 0 Å². The third-order valence-corrected chi connectivity index (χ3v) is 3.46. The van der Waals surface area contributed by atoms with Crippen molar-refractivity contribution in [2.75, 3.05) is 18.5 Å². The number of nitrogens with zero attached hydrogens (tertiary/aromatic N) is 2. The largest absolute Gasteiger partial charge is 0.396 e. The van der Waals surface area contributed by atoms with Gasteiger partial charge in [0.05, 0.1) is 0 Å². The number of nitriles is 1. The van der Waals surface area contributed by atoms with Gasteiger partial charge in [0.1, 0.15) is 17.6 Å². The molecule has 17 heavy (non-hydrogen) atoms. The molecule has 1 aromatic rings. The van der Waals surface area contributed by atoms with Crippen molar-refractivity contribution in [3.63, 3.8) is 0 Å². The van der Waals surface area contributed by atoms with Crippen molar-refractivity contribution < 1.29 is 5.11 Å². The molecule has 4 heteroatoms. The topological polar surface area (TPSA) is 68.9 Å².